The highest BCUT2D eigenvalue weighted by molar-refractivity contribution is 6.04. The third kappa shape index (κ3) is 8.70. The average molecular weight is 836 g/mol. The van der Waals surface area contributed by atoms with Gasteiger partial charge in [-0.15, -0.1) is 0 Å². The van der Waals surface area contributed by atoms with Crippen molar-refractivity contribution >= 4 is 46.1 Å². The molecule has 0 spiro atoms. The van der Waals surface area contributed by atoms with Gasteiger partial charge >= 0.3 is 12.2 Å². The van der Waals surface area contributed by atoms with Crippen LogP contribution in [0.3, 0.4) is 0 Å². The van der Waals surface area contributed by atoms with E-state index < -0.39 is 24.3 Å². The zero-order chi connectivity index (χ0) is 43.5. The third-order valence-electron chi connectivity index (χ3n) is 12.3. The van der Waals surface area contributed by atoms with Crippen LogP contribution in [0, 0.1) is 11.8 Å². The number of benzene rings is 4. The highest BCUT2D eigenvalue weighted by Crippen LogP contribution is 2.36. The van der Waals surface area contributed by atoms with Crippen molar-refractivity contribution in [2.45, 2.75) is 70.6 Å². The SMILES string of the molecule is COC(=O)N[C@H](C(=O)N1CCC[C@H]1c1ncc(-c2ccc3cc(-c4ccc(C5=CN=C([C@@H]6C[C@H](C)CN6C(=O)[C@H](NC(=O)OC)c6ccccc6)C5)cc4)ccc3c2)[nH]1)C(C)C. The lowest BCUT2D eigenvalue weighted by atomic mass is 9.94. The number of alkyl carbamates (subject to hydrolysis) is 2. The largest absolute Gasteiger partial charge is 0.453 e. The molecule has 8 rings (SSSR count). The molecule has 5 aromatic rings. The van der Waals surface area contributed by atoms with E-state index in [1.165, 1.54) is 14.2 Å². The van der Waals surface area contributed by atoms with Gasteiger partial charge in [-0.2, -0.15) is 0 Å². The second-order valence-electron chi connectivity index (χ2n) is 16.9. The van der Waals surface area contributed by atoms with E-state index in [4.69, 9.17) is 19.5 Å². The van der Waals surface area contributed by atoms with Crippen LogP contribution in [0.1, 0.15) is 75.5 Å². The fourth-order valence-corrected chi connectivity index (χ4v) is 9.02. The van der Waals surface area contributed by atoms with Gasteiger partial charge in [-0.05, 0) is 81.8 Å². The lowest BCUT2D eigenvalue weighted by molar-refractivity contribution is -0.135. The topological polar surface area (TPSA) is 158 Å². The van der Waals surface area contributed by atoms with Crippen LogP contribution >= 0.6 is 0 Å². The number of hydrogen-bond donors (Lipinski definition) is 3. The van der Waals surface area contributed by atoms with Gasteiger partial charge in [0.05, 0.1) is 38.2 Å². The number of H-pyrrole nitrogens is 1. The van der Waals surface area contributed by atoms with Crippen molar-refractivity contribution in [2.75, 3.05) is 27.3 Å². The first kappa shape index (κ1) is 42.0. The summed E-state index contributed by atoms with van der Waals surface area (Å²) in [5.41, 5.74) is 7.90. The van der Waals surface area contributed by atoms with Crippen LogP contribution in [-0.2, 0) is 19.1 Å². The van der Waals surface area contributed by atoms with Gasteiger partial charge in [0, 0.05) is 37.0 Å². The molecule has 1 aromatic heterocycles. The summed E-state index contributed by atoms with van der Waals surface area (Å²) in [4.78, 5) is 68.8. The van der Waals surface area contributed by atoms with Crippen molar-refractivity contribution in [1.29, 1.82) is 0 Å². The number of aliphatic imine (C=N–C) groups is 1. The van der Waals surface area contributed by atoms with Gasteiger partial charge < -0.3 is 34.9 Å². The van der Waals surface area contributed by atoms with Gasteiger partial charge in [-0.3, -0.25) is 14.6 Å². The molecule has 4 aromatic carbocycles. The summed E-state index contributed by atoms with van der Waals surface area (Å²) < 4.78 is 9.64. The minimum Gasteiger partial charge on any atom is -0.453 e. The number of aromatic nitrogens is 2. The highest BCUT2D eigenvalue weighted by atomic mass is 16.5. The minimum atomic E-state index is -0.864. The molecule has 0 saturated carbocycles. The summed E-state index contributed by atoms with van der Waals surface area (Å²) in [5, 5.41) is 7.66. The molecule has 2 saturated heterocycles. The Morgan fingerprint density at radius 2 is 1.44 bits per heavy atom. The predicted molar refractivity (Wildman–Crippen MR) is 239 cm³/mol. The molecule has 2 fully saturated rings. The second kappa shape index (κ2) is 18.1. The van der Waals surface area contributed by atoms with Crippen LogP contribution in [0.2, 0.25) is 0 Å². The number of carbonyl (C=O) groups excluding carboxylic acids is 4. The van der Waals surface area contributed by atoms with Crippen molar-refractivity contribution in [1.82, 2.24) is 30.4 Å². The maximum absolute atomic E-state index is 14.1. The van der Waals surface area contributed by atoms with Crippen LogP contribution in [0.4, 0.5) is 9.59 Å². The molecule has 0 unspecified atom stereocenters. The molecular formula is C49H53N7O6. The van der Waals surface area contributed by atoms with Gasteiger partial charge in [0.15, 0.2) is 0 Å². The van der Waals surface area contributed by atoms with Crippen LogP contribution in [0.25, 0.3) is 38.7 Å². The third-order valence-corrected chi connectivity index (χ3v) is 12.3. The number of amides is 4. The Labute approximate surface area is 361 Å². The average Bonchev–Trinajstić information content (AvgIpc) is 4.14. The Kier molecular flexibility index (Phi) is 12.2. The first-order chi connectivity index (χ1) is 30.0. The first-order valence-corrected chi connectivity index (χ1v) is 21.3. The van der Waals surface area contributed by atoms with Gasteiger partial charge in [-0.25, -0.2) is 14.6 Å². The summed E-state index contributed by atoms with van der Waals surface area (Å²) >= 11 is 0. The number of fused-ring (bicyclic) bond motifs is 1. The molecule has 0 aliphatic carbocycles. The van der Waals surface area contributed by atoms with E-state index in [-0.39, 0.29) is 35.7 Å². The van der Waals surface area contributed by atoms with Crippen LogP contribution in [0.5, 0.6) is 0 Å². The number of rotatable bonds is 11. The Bertz CT molecular complexity index is 2530. The van der Waals surface area contributed by atoms with Crippen molar-refractivity contribution in [3.05, 3.63) is 120 Å². The maximum Gasteiger partial charge on any atom is 0.407 e. The summed E-state index contributed by atoms with van der Waals surface area (Å²) in [7, 11) is 2.59. The van der Waals surface area contributed by atoms with Gasteiger partial charge in [0.1, 0.15) is 17.9 Å². The monoisotopic (exact) mass is 835 g/mol. The fraction of sp³-hybridized carbons (Fsp3) is 0.347. The van der Waals surface area contributed by atoms with E-state index in [9.17, 15) is 19.2 Å². The van der Waals surface area contributed by atoms with E-state index in [0.29, 0.717) is 25.1 Å². The lowest BCUT2D eigenvalue weighted by Gasteiger charge is -2.30. The molecule has 4 heterocycles. The molecular weight excluding hydrogens is 783 g/mol. The molecule has 320 valence electrons. The van der Waals surface area contributed by atoms with Crippen molar-refractivity contribution in [3.8, 4) is 22.4 Å². The number of aromatic amines is 1. The summed E-state index contributed by atoms with van der Waals surface area (Å²) in [6, 6.07) is 28.7. The van der Waals surface area contributed by atoms with E-state index in [0.717, 1.165) is 75.1 Å². The Balaban J connectivity index is 0.922. The van der Waals surface area contributed by atoms with E-state index in [1.54, 1.807) is 0 Å². The number of allylic oxidation sites excluding steroid dienone is 1. The van der Waals surface area contributed by atoms with Crippen molar-refractivity contribution in [2.24, 2.45) is 16.8 Å². The number of nitrogens with zero attached hydrogens (tertiary/aromatic N) is 4. The molecule has 5 atom stereocenters. The zero-order valence-corrected chi connectivity index (χ0v) is 35.8. The quantitative estimate of drug-likeness (QED) is 0.120. The van der Waals surface area contributed by atoms with Crippen LogP contribution in [-0.4, -0.2) is 88.9 Å². The Morgan fingerprint density at radius 3 is 2.15 bits per heavy atom. The number of hydrogen-bond acceptors (Lipinski definition) is 8. The van der Waals surface area contributed by atoms with E-state index in [1.807, 2.05) is 66.4 Å². The standard InChI is InChI=1S/C49H53N7O6/c1-29(2)43(53-48(59)61-4)46(57)55-21-9-12-41(55)45-51-27-40(52-45)37-20-19-35-23-34(17-18-36(35)24-37)31-13-15-32(16-14-31)38-25-39(50-26-38)42-22-30(3)28-56(42)47(58)44(54-49(60)62-5)33-10-7-6-8-11-33/h6-8,10-11,13-20,23-24,26-27,29-30,41-44H,9,12,21-22,25,28H2,1-5H3,(H,51,52)(H,53,59)(H,54,60)/t30-,41-,42-,43-,44+/m0/s1. The lowest BCUT2D eigenvalue weighted by Crippen LogP contribution is -2.51. The molecule has 3 aliphatic rings. The number of imidazole rings is 1. The number of nitrogens with one attached hydrogen (secondary N) is 3. The van der Waals surface area contributed by atoms with Gasteiger partial charge in [-0.1, -0.05) is 99.6 Å². The molecule has 4 amide bonds. The summed E-state index contributed by atoms with van der Waals surface area (Å²) in [6.45, 7) is 7.13. The smallest absolute Gasteiger partial charge is 0.407 e. The molecule has 0 radical (unpaired) electrons. The minimum absolute atomic E-state index is 0.106. The number of carbonyl (C=O) groups is 4. The zero-order valence-electron chi connectivity index (χ0n) is 35.8. The predicted octanol–water partition coefficient (Wildman–Crippen LogP) is 8.46. The molecule has 13 heteroatoms. The molecule has 3 N–H and O–H groups in total. The first-order valence-electron chi connectivity index (χ1n) is 21.3. The molecule has 0 bridgehead atoms. The Hall–Kier alpha value is -6.76. The molecule has 62 heavy (non-hydrogen) atoms. The number of likely N-dealkylation sites (tertiary alicyclic amines) is 2. The Morgan fingerprint density at radius 1 is 0.774 bits per heavy atom. The molecule has 13 nitrogen and oxygen atoms in total. The second-order valence-corrected chi connectivity index (χ2v) is 16.9. The molecule has 3 aliphatic heterocycles. The maximum atomic E-state index is 14.1. The van der Waals surface area contributed by atoms with E-state index in [2.05, 4.69) is 83.2 Å². The van der Waals surface area contributed by atoms with Crippen molar-refractivity contribution < 1.29 is 28.7 Å². The summed E-state index contributed by atoms with van der Waals surface area (Å²) in [6.07, 6.45) is 5.54. The van der Waals surface area contributed by atoms with Crippen molar-refractivity contribution in [3.63, 3.8) is 0 Å². The van der Waals surface area contributed by atoms with E-state index >= 15 is 0 Å². The van der Waals surface area contributed by atoms with Crippen LogP contribution < -0.4 is 10.6 Å². The van der Waals surface area contributed by atoms with Crippen LogP contribution in [0.15, 0.2) is 108 Å². The highest BCUT2D eigenvalue weighted by Gasteiger charge is 2.41. The summed E-state index contributed by atoms with van der Waals surface area (Å²) in [5.74, 6) is 0.597. The fourth-order valence-electron chi connectivity index (χ4n) is 9.02. The van der Waals surface area contributed by atoms with Gasteiger partial charge in [0.2, 0.25) is 11.8 Å². The van der Waals surface area contributed by atoms with Gasteiger partial charge in [0.25, 0.3) is 0 Å². The number of ether oxygens (including phenoxy) is 2. The normalized spacial score (nSPS) is 19.5. The number of methoxy groups -OCH3 is 2.